The number of anilines is 1. The molecule has 0 radical (unpaired) electrons. The van der Waals surface area contributed by atoms with E-state index in [1.807, 2.05) is 0 Å². The van der Waals surface area contributed by atoms with Gasteiger partial charge in [0, 0.05) is 15.6 Å². The maximum absolute atomic E-state index is 14.0. The van der Waals surface area contributed by atoms with Crippen molar-refractivity contribution in [3.05, 3.63) is 99.5 Å². The molecule has 3 aromatic carbocycles. The molecule has 0 saturated carbocycles. The Kier molecular flexibility index (Phi) is 5.66. The number of carbonyl (C=O) groups excluding carboxylic acids is 5. The molecule has 6 rings (SSSR count). The van der Waals surface area contributed by atoms with Crippen molar-refractivity contribution in [2.75, 3.05) is 11.5 Å². The second kappa shape index (κ2) is 8.82. The van der Waals surface area contributed by atoms with Crippen molar-refractivity contribution in [2.45, 2.75) is 18.6 Å². The van der Waals surface area contributed by atoms with Crippen LogP contribution in [0, 0.1) is 11.8 Å². The van der Waals surface area contributed by atoms with Crippen molar-refractivity contribution in [2.24, 2.45) is 11.8 Å². The van der Waals surface area contributed by atoms with Crippen molar-refractivity contribution in [3.8, 4) is 0 Å². The van der Waals surface area contributed by atoms with Gasteiger partial charge in [-0.15, -0.1) is 0 Å². The molecular weight excluding hydrogens is 554 g/mol. The third-order valence-electron chi connectivity index (χ3n) is 7.33. The number of hydrogen-bond acceptors (Lipinski definition) is 7. The zero-order valence-electron chi connectivity index (χ0n) is 20.1. The van der Waals surface area contributed by atoms with Gasteiger partial charge in [0.2, 0.25) is 29.0 Å². The molecule has 0 aromatic heterocycles. The molecule has 8 nitrogen and oxygen atoms in total. The van der Waals surface area contributed by atoms with Crippen LogP contribution in [-0.4, -0.2) is 41.6 Å². The Hall–Kier alpha value is -3.95. The summed E-state index contributed by atoms with van der Waals surface area (Å²) in [5, 5.41) is 0. The van der Waals surface area contributed by atoms with Crippen LogP contribution in [0.5, 0.6) is 0 Å². The van der Waals surface area contributed by atoms with E-state index in [1.54, 1.807) is 43.3 Å². The number of halogens is 1. The lowest BCUT2D eigenvalue weighted by Crippen LogP contribution is -2.51. The number of amides is 2. The average molecular weight is 574 g/mol. The minimum atomic E-state index is -2.15. The van der Waals surface area contributed by atoms with Gasteiger partial charge in [0.05, 0.1) is 35.8 Å². The number of esters is 1. The summed E-state index contributed by atoms with van der Waals surface area (Å²) in [6, 6.07) is 19.2. The number of fused-ring (bicyclic) bond motifs is 3. The molecule has 0 N–H and O–H groups in total. The fourth-order valence-electron chi connectivity index (χ4n) is 5.72. The second-order valence-corrected chi connectivity index (χ2v) is 10.2. The minimum absolute atomic E-state index is 0.170. The van der Waals surface area contributed by atoms with E-state index < -0.39 is 52.9 Å². The van der Waals surface area contributed by atoms with E-state index in [-0.39, 0.29) is 29.0 Å². The fourth-order valence-corrected chi connectivity index (χ4v) is 6.13. The van der Waals surface area contributed by atoms with Gasteiger partial charge < -0.3 is 9.47 Å². The van der Waals surface area contributed by atoms with Crippen LogP contribution in [0.3, 0.4) is 0 Å². The zero-order valence-corrected chi connectivity index (χ0v) is 21.6. The predicted octanol–water partition coefficient (Wildman–Crippen LogP) is 4.32. The molecule has 1 aliphatic carbocycles. The fraction of sp³-hybridized carbons (Fsp3) is 0.207. The lowest BCUT2D eigenvalue weighted by molar-refractivity contribution is -0.127. The predicted molar refractivity (Wildman–Crippen MR) is 138 cm³/mol. The third-order valence-corrected chi connectivity index (χ3v) is 7.83. The van der Waals surface area contributed by atoms with E-state index >= 15 is 0 Å². The largest absolute Gasteiger partial charge is 0.462 e. The van der Waals surface area contributed by atoms with Crippen molar-refractivity contribution in [3.63, 3.8) is 0 Å². The molecule has 2 saturated heterocycles. The van der Waals surface area contributed by atoms with Crippen LogP contribution < -0.4 is 4.90 Å². The van der Waals surface area contributed by atoms with Crippen LogP contribution in [0.2, 0.25) is 0 Å². The summed E-state index contributed by atoms with van der Waals surface area (Å²) in [4.78, 5) is 68.6. The van der Waals surface area contributed by atoms with Crippen LogP contribution in [0.4, 0.5) is 5.69 Å². The molecule has 3 aliphatic rings. The molecule has 0 bridgehead atoms. The molecule has 2 heterocycles. The van der Waals surface area contributed by atoms with Crippen LogP contribution in [0.15, 0.2) is 77.3 Å². The van der Waals surface area contributed by atoms with Gasteiger partial charge in [0.25, 0.3) is 0 Å². The molecule has 2 aliphatic heterocycles. The smallest absolute Gasteiger partial charge is 0.338 e. The van der Waals surface area contributed by atoms with Crippen molar-refractivity contribution in [1.29, 1.82) is 0 Å². The van der Waals surface area contributed by atoms with Crippen LogP contribution in [-0.2, 0) is 19.1 Å². The highest BCUT2D eigenvalue weighted by atomic mass is 79.9. The first-order chi connectivity index (χ1) is 18.3. The van der Waals surface area contributed by atoms with Crippen molar-refractivity contribution >= 4 is 51.0 Å². The van der Waals surface area contributed by atoms with E-state index in [9.17, 15) is 24.0 Å². The second-order valence-electron chi connectivity index (χ2n) is 9.32. The van der Waals surface area contributed by atoms with Crippen LogP contribution in [0.25, 0.3) is 0 Å². The summed E-state index contributed by atoms with van der Waals surface area (Å²) in [7, 11) is 0. The molecule has 3 atom stereocenters. The highest BCUT2D eigenvalue weighted by Crippen LogP contribution is 2.57. The standard InChI is InChI=1S/C29H20BrNO7/c1-2-37-28(36)15-10-12-18(13-11-15)31-26(34)21-22(27(31)35)29(38-23(21)16-6-5-7-17(30)14-16)24(32)19-8-3-4-9-20(19)25(29)33/h3-14,21-23H,2H2,1H3/t21-,22+,23+/m0/s1. The highest BCUT2D eigenvalue weighted by molar-refractivity contribution is 9.10. The maximum Gasteiger partial charge on any atom is 0.338 e. The van der Waals surface area contributed by atoms with E-state index in [1.165, 1.54) is 36.4 Å². The summed E-state index contributed by atoms with van der Waals surface area (Å²) in [6.45, 7) is 1.90. The topological polar surface area (TPSA) is 107 Å². The molecule has 1 spiro atoms. The number of imide groups is 1. The Bertz CT molecular complexity index is 1510. The van der Waals surface area contributed by atoms with E-state index in [0.717, 1.165) is 4.90 Å². The first-order valence-corrected chi connectivity index (χ1v) is 12.9. The molecule has 0 unspecified atom stereocenters. The Morgan fingerprint density at radius 2 is 1.58 bits per heavy atom. The van der Waals surface area contributed by atoms with Gasteiger partial charge in [0.1, 0.15) is 0 Å². The SMILES string of the molecule is CCOC(=O)c1ccc(N2C(=O)[C@@H]3[C@@H](c4cccc(Br)c4)OC4(C(=O)c5ccccc5C4=O)[C@H]3C2=O)cc1. The molecular formula is C29H20BrNO7. The lowest BCUT2D eigenvalue weighted by Gasteiger charge is -2.27. The number of ketones is 2. The number of hydrogen-bond donors (Lipinski definition) is 0. The third kappa shape index (κ3) is 3.28. The molecule has 9 heteroatoms. The monoisotopic (exact) mass is 573 g/mol. The van der Waals surface area contributed by atoms with Gasteiger partial charge in [-0.3, -0.25) is 19.2 Å². The number of benzene rings is 3. The summed E-state index contributed by atoms with van der Waals surface area (Å²) < 4.78 is 12.0. The first kappa shape index (κ1) is 24.4. The van der Waals surface area contributed by atoms with Crippen molar-refractivity contribution < 1.29 is 33.4 Å². The van der Waals surface area contributed by atoms with Gasteiger partial charge in [-0.05, 0) is 48.9 Å². The summed E-state index contributed by atoms with van der Waals surface area (Å²) >= 11 is 3.42. The van der Waals surface area contributed by atoms with Gasteiger partial charge in [-0.1, -0.05) is 52.3 Å². The van der Waals surface area contributed by atoms with Gasteiger partial charge >= 0.3 is 5.97 Å². The summed E-state index contributed by atoms with van der Waals surface area (Å²) in [6.07, 6.45) is -1.01. The number of ether oxygens (including phenoxy) is 2. The Labute approximate surface area is 225 Å². The summed E-state index contributed by atoms with van der Waals surface area (Å²) in [5.41, 5.74) is -0.761. The molecule has 190 valence electrons. The molecule has 2 fully saturated rings. The number of Topliss-reactive ketones (excluding diaryl/α,β-unsaturated/α-hetero) is 2. The lowest BCUT2D eigenvalue weighted by atomic mass is 9.77. The van der Waals surface area contributed by atoms with E-state index in [2.05, 4.69) is 15.9 Å². The minimum Gasteiger partial charge on any atom is -0.462 e. The molecule has 38 heavy (non-hydrogen) atoms. The molecule has 3 aromatic rings. The van der Waals surface area contributed by atoms with Gasteiger partial charge in [-0.2, -0.15) is 0 Å². The first-order valence-electron chi connectivity index (χ1n) is 12.1. The van der Waals surface area contributed by atoms with E-state index in [0.29, 0.717) is 10.0 Å². The number of rotatable bonds is 4. The molecule has 2 amide bonds. The van der Waals surface area contributed by atoms with Gasteiger partial charge in [-0.25, -0.2) is 9.69 Å². The number of carbonyl (C=O) groups is 5. The Balaban J connectivity index is 1.47. The zero-order chi connectivity index (χ0) is 26.8. The highest BCUT2D eigenvalue weighted by Gasteiger charge is 2.74. The van der Waals surface area contributed by atoms with Crippen LogP contribution >= 0.6 is 15.9 Å². The average Bonchev–Trinajstić information content (AvgIpc) is 3.49. The Morgan fingerprint density at radius 1 is 0.921 bits per heavy atom. The normalized spacial score (nSPS) is 23.2. The van der Waals surface area contributed by atoms with E-state index in [4.69, 9.17) is 9.47 Å². The van der Waals surface area contributed by atoms with Crippen molar-refractivity contribution in [1.82, 2.24) is 0 Å². The Morgan fingerprint density at radius 3 is 2.18 bits per heavy atom. The maximum atomic E-state index is 14.0. The van der Waals surface area contributed by atoms with Gasteiger partial charge in [0.15, 0.2) is 0 Å². The van der Waals surface area contributed by atoms with Crippen LogP contribution in [0.1, 0.15) is 49.7 Å². The summed E-state index contributed by atoms with van der Waals surface area (Å²) in [5.74, 6) is -5.51. The number of nitrogens with zero attached hydrogens (tertiary/aromatic N) is 1. The quantitative estimate of drug-likeness (QED) is 0.260.